The second-order valence-electron chi connectivity index (χ2n) is 9.99. The third-order valence-electron chi connectivity index (χ3n) is 6.55. The van der Waals surface area contributed by atoms with Crippen molar-refractivity contribution >= 4 is 35.3 Å². The Hall–Kier alpha value is -4.41. The number of carbonyl (C=O) groups is 2. The minimum atomic E-state index is -5.08. The van der Waals surface area contributed by atoms with Crippen molar-refractivity contribution in [3.8, 4) is 5.75 Å². The van der Waals surface area contributed by atoms with E-state index in [9.17, 15) is 31.1 Å². The number of morpholine rings is 1. The lowest BCUT2D eigenvalue weighted by atomic mass is 9.93. The zero-order chi connectivity index (χ0) is 34.8. The van der Waals surface area contributed by atoms with Crippen molar-refractivity contribution < 1.29 is 55.6 Å². The largest absolute Gasteiger partial charge is 0.490 e. The summed E-state index contributed by atoms with van der Waals surface area (Å²) < 4.78 is 76.4. The third-order valence-corrected chi connectivity index (χ3v) is 6.77. The van der Waals surface area contributed by atoms with E-state index in [0.29, 0.717) is 10.8 Å². The van der Waals surface area contributed by atoms with Crippen molar-refractivity contribution in [2.45, 2.75) is 38.3 Å². The van der Waals surface area contributed by atoms with E-state index < -0.39 is 24.3 Å². The molecule has 0 radical (unpaired) electrons. The predicted octanol–water partition coefficient (Wildman–Crippen LogP) is 5.52. The van der Waals surface area contributed by atoms with E-state index in [-0.39, 0.29) is 12.2 Å². The second-order valence-corrected chi connectivity index (χ2v) is 10.4. The molecule has 0 unspecified atom stereocenters. The summed E-state index contributed by atoms with van der Waals surface area (Å²) in [6, 6.07) is 13.6. The molecule has 1 aliphatic carbocycles. The highest BCUT2D eigenvalue weighted by Gasteiger charge is 2.38. The third kappa shape index (κ3) is 12.0. The van der Waals surface area contributed by atoms with Gasteiger partial charge in [-0.25, -0.2) is 9.59 Å². The lowest BCUT2D eigenvalue weighted by Crippen LogP contribution is -2.35. The van der Waals surface area contributed by atoms with Crippen LogP contribution in [0, 0.1) is 0 Å². The number of ether oxygens (including phenoxy) is 2. The van der Waals surface area contributed by atoms with Gasteiger partial charge in [0.05, 0.1) is 23.9 Å². The molecular weight excluding hydrogens is 664 g/mol. The van der Waals surface area contributed by atoms with Crippen LogP contribution in [0.4, 0.5) is 26.3 Å². The van der Waals surface area contributed by atoms with Gasteiger partial charge < -0.3 is 19.7 Å². The van der Waals surface area contributed by atoms with Crippen LogP contribution in [-0.4, -0.2) is 75.3 Å². The molecule has 10 nitrogen and oxygen atoms in total. The van der Waals surface area contributed by atoms with Crippen molar-refractivity contribution in [1.82, 2.24) is 14.5 Å². The van der Waals surface area contributed by atoms with Gasteiger partial charge >= 0.3 is 24.3 Å². The van der Waals surface area contributed by atoms with E-state index in [1.54, 1.807) is 29.1 Å². The Morgan fingerprint density at radius 2 is 1.57 bits per heavy atom. The number of nitrogens with zero attached hydrogens (tertiary/aromatic N) is 3. The van der Waals surface area contributed by atoms with E-state index in [2.05, 4.69) is 34.2 Å². The molecule has 3 aromatic rings. The molecule has 0 saturated carbocycles. The molecular formula is C30H28ClF6N3O7. The van der Waals surface area contributed by atoms with E-state index in [1.807, 2.05) is 6.07 Å². The zero-order valence-electron chi connectivity index (χ0n) is 24.4. The molecule has 2 aliphatic rings. The van der Waals surface area contributed by atoms with E-state index in [0.717, 1.165) is 57.1 Å². The topological polar surface area (TPSA) is 131 Å². The van der Waals surface area contributed by atoms with Crippen molar-refractivity contribution in [2.24, 2.45) is 0 Å². The van der Waals surface area contributed by atoms with E-state index in [1.165, 1.54) is 22.8 Å². The van der Waals surface area contributed by atoms with E-state index >= 15 is 0 Å². The standard InChI is InChI=1S/C26H26ClN3O3.2C2HF3O2/c27-22-4-5-23(28-16-22)18-33-25-7-8-30(26(31)15-25)24-6-3-20-13-19(1-2-21(20)14-24)17-29-9-11-32-12-10-29;2*3-2(4,5)1(6)7/h1-2,4-5,7-8,13-16H,3,6,9-12,17-18H2;2*(H,6,7). The fourth-order valence-electron chi connectivity index (χ4n) is 4.27. The molecule has 3 heterocycles. The molecule has 0 amide bonds. The van der Waals surface area contributed by atoms with Crippen LogP contribution in [0.15, 0.2) is 59.7 Å². The Kier molecular flexibility index (Phi) is 12.9. The Morgan fingerprint density at radius 3 is 2.13 bits per heavy atom. The number of benzene rings is 1. The van der Waals surface area contributed by atoms with Gasteiger partial charge in [-0.15, -0.1) is 0 Å². The number of carboxylic acids is 2. The average Bonchev–Trinajstić information content (AvgIpc) is 3.01. The van der Waals surface area contributed by atoms with Crippen LogP contribution in [0.25, 0.3) is 11.8 Å². The van der Waals surface area contributed by atoms with Crippen LogP contribution in [0.1, 0.15) is 28.8 Å². The van der Waals surface area contributed by atoms with Gasteiger partial charge in [-0.2, -0.15) is 26.3 Å². The Labute approximate surface area is 268 Å². The zero-order valence-corrected chi connectivity index (χ0v) is 25.1. The summed E-state index contributed by atoms with van der Waals surface area (Å²) in [6.07, 6.45) is -2.93. The van der Waals surface area contributed by atoms with Gasteiger partial charge in [-0.05, 0) is 53.8 Å². The lowest BCUT2D eigenvalue weighted by molar-refractivity contribution is -0.193. The second kappa shape index (κ2) is 16.4. The number of rotatable bonds is 6. The lowest BCUT2D eigenvalue weighted by Gasteiger charge is -2.27. The molecule has 254 valence electrons. The first-order valence-electron chi connectivity index (χ1n) is 13.7. The van der Waals surface area contributed by atoms with Gasteiger partial charge in [0.1, 0.15) is 12.4 Å². The molecule has 17 heteroatoms. The maximum absolute atomic E-state index is 12.8. The Morgan fingerprint density at radius 1 is 0.936 bits per heavy atom. The summed E-state index contributed by atoms with van der Waals surface area (Å²) in [5.41, 5.74) is 5.51. The van der Waals surface area contributed by atoms with Gasteiger partial charge in [-0.3, -0.25) is 19.2 Å². The Bertz CT molecular complexity index is 1600. The van der Waals surface area contributed by atoms with Crippen molar-refractivity contribution in [1.29, 1.82) is 0 Å². The molecule has 0 bridgehead atoms. The highest BCUT2D eigenvalue weighted by molar-refractivity contribution is 6.30. The van der Waals surface area contributed by atoms with Gasteiger partial charge in [0.15, 0.2) is 0 Å². The molecule has 5 rings (SSSR count). The number of pyridine rings is 2. The van der Waals surface area contributed by atoms with Crippen LogP contribution >= 0.6 is 11.6 Å². The first-order valence-corrected chi connectivity index (χ1v) is 14.1. The number of alkyl halides is 6. The summed E-state index contributed by atoms with van der Waals surface area (Å²) >= 11 is 5.86. The van der Waals surface area contributed by atoms with Crippen LogP contribution in [0.3, 0.4) is 0 Å². The molecule has 1 aromatic carbocycles. The van der Waals surface area contributed by atoms with Crippen LogP contribution in [-0.2, 0) is 33.9 Å². The van der Waals surface area contributed by atoms with Crippen LogP contribution < -0.4 is 10.3 Å². The van der Waals surface area contributed by atoms with Crippen LogP contribution in [0.2, 0.25) is 5.02 Å². The fourth-order valence-corrected chi connectivity index (χ4v) is 4.39. The number of fused-ring (bicyclic) bond motifs is 1. The number of carboxylic acid groups (broad SMARTS) is 2. The van der Waals surface area contributed by atoms with Gasteiger partial charge in [0, 0.05) is 43.8 Å². The fraction of sp³-hybridized carbons (Fsp3) is 0.333. The normalized spacial score (nSPS) is 14.7. The molecule has 2 N–H and O–H groups in total. The summed E-state index contributed by atoms with van der Waals surface area (Å²) in [6.45, 7) is 4.84. The summed E-state index contributed by atoms with van der Waals surface area (Å²) in [5, 5.41) is 14.8. The number of hydrogen-bond donors (Lipinski definition) is 2. The summed E-state index contributed by atoms with van der Waals surface area (Å²) in [7, 11) is 0. The Balaban J connectivity index is 0.000000360. The highest BCUT2D eigenvalue weighted by Crippen LogP contribution is 2.28. The number of aliphatic carboxylic acids is 2. The predicted molar refractivity (Wildman–Crippen MR) is 157 cm³/mol. The summed E-state index contributed by atoms with van der Waals surface area (Å²) in [5.74, 6) is -4.99. The maximum Gasteiger partial charge on any atom is 0.490 e. The van der Waals surface area contributed by atoms with Crippen LogP contribution in [0.5, 0.6) is 5.75 Å². The van der Waals surface area contributed by atoms with Gasteiger partial charge in [-0.1, -0.05) is 29.8 Å². The first-order chi connectivity index (χ1) is 22.0. The minimum absolute atomic E-state index is 0.102. The summed E-state index contributed by atoms with van der Waals surface area (Å²) in [4.78, 5) is 37.2. The maximum atomic E-state index is 12.8. The number of hydrogen-bond acceptors (Lipinski definition) is 7. The number of aromatic nitrogens is 2. The SMILES string of the molecule is O=C(O)C(F)(F)F.O=C(O)C(F)(F)F.O=c1cc(OCc2ccc(Cl)cn2)ccn1C1=Cc2ccc(CN3CCOCC3)cc2CC1. The van der Waals surface area contributed by atoms with Crippen molar-refractivity contribution in [3.63, 3.8) is 0 Å². The number of halogens is 7. The molecule has 47 heavy (non-hydrogen) atoms. The number of allylic oxidation sites excluding steroid dienone is 1. The van der Waals surface area contributed by atoms with Crippen molar-refractivity contribution in [3.05, 3.63) is 92.6 Å². The monoisotopic (exact) mass is 691 g/mol. The van der Waals surface area contributed by atoms with E-state index in [4.69, 9.17) is 40.9 Å². The smallest absolute Gasteiger partial charge is 0.487 e. The molecule has 2 aromatic heterocycles. The minimum Gasteiger partial charge on any atom is -0.487 e. The van der Waals surface area contributed by atoms with Crippen molar-refractivity contribution in [2.75, 3.05) is 26.3 Å². The molecule has 1 saturated heterocycles. The van der Waals surface area contributed by atoms with Gasteiger partial charge in [0.25, 0.3) is 5.56 Å². The molecule has 0 atom stereocenters. The average molecular weight is 692 g/mol. The quantitative estimate of drug-likeness (QED) is 0.321. The molecule has 1 fully saturated rings. The molecule has 0 spiro atoms. The molecule has 1 aliphatic heterocycles. The van der Waals surface area contributed by atoms with Gasteiger partial charge in [0.2, 0.25) is 0 Å². The number of aryl methyl sites for hydroxylation is 1. The first kappa shape index (κ1) is 37.1. The highest BCUT2D eigenvalue weighted by atomic mass is 35.5.